The van der Waals surface area contributed by atoms with Gasteiger partial charge < -0.3 is 5.73 Å². The Morgan fingerprint density at radius 1 is 1.50 bits per heavy atom. The lowest BCUT2D eigenvalue weighted by Gasteiger charge is -2.01. The Morgan fingerprint density at radius 3 is 2.88 bits per heavy atom. The van der Waals surface area contributed by atoms with Crippen LogP contribution in [-0.2, 0) is 0 Å². The Bertz CT molecular complexity index is 582. The van der Waals surface area contributed by atoms with Crippen LogP contribution in [0.3, 0.4) is 0 Å². The van der Waals surface area contributed by atoms with Crippen LogP contribution in [0.1, 0.15) is 18.2 Å². The molecule has 0 saturated heterocycles. The van der Waals surface area contributed by atoms with E-state index in [0.29, 0.717) is 28.0 Å². The zero-order chi connectivity index (χ0) is 11.7. The minimum atomic E-state index is 0.292. The predicted molar refractivity (Wildman–Crippen MR) is 61.0 cm³/mol. The van der Waals surface area contributed by atoms with Crippen LogP contribution in [-0.4, -0.2) is 25.3 Å². The van der Waals surface area contributed by atoms with Crippen molar-refractivity contribution in [1.29, 1.82) is 5.26 Å². The summed E-state index contributed by atoms with van der Waals surface area (Å²) < 4.78 is 1.41. The predicted octanol–water partition coefficient (Wildman–Crippen LogP) is 0.999. The standard InChI is InChI=1S/C9H10N6S/c1-3-16-9-13-8-12-5(2)6(4-10)7(11)15(8)14-9/h3,11H2,1-2H3. The molecule has 6 nitrogen and oxygen atoms in total. The number of aryl methyl sites for hydroxylation is 1. The summed E-state index contributed by atoms with van der Waals surface area (Å²) in [5.41, 5.74) is 6.76. The molecule has 0 aromatic carbocycles. The van der Waals surface area contributed by atoms with Crippen molar-refractivity contribution in [1.82, 2.24) is 19.6 Å². The quantitative estimate of drug-likeness (QED) is 0.779. The second-order valence-electron chi connectivity index (χ2n) is 3.11. The Balaban J connectivity index is 2.69. The molecule has 2 aromatic heterocycles. The fourth-order valence-electron chi connectivity index (χ4n) is 1.35. The highest BCUT2D eigenvalue weighted by atomic mass is 32.2. The van der Waals surface area contributed by atoms with E-state index >= 15 is 0 Å². The normalized spacial score (nSPS) is 10.6. The molecule has 0 fully saturated rings. The van der Waals surface area contributed by atoms with E-state index in [1.807, 2.05) is 13.0 Å². The fraction of sp³-hybridized carbons (Fsp3) is 0.333. The summed E-state index contributed by atoms with van der Waals surface area (Å²) in [6.07, 6.45) is 0. The summed E-state index contributed by atoms with van der Waals surface area (Å²) in [5.74, 6) is 1.60. The maximum Gasteiger partial charge on any atom is 0.255 e. The van der Waals surface area contributed by atoms with Crippen molar-refractivity contribution in [3.8, 4) is 6.07 Å². The maximum absolute atomic E-state index is 8.93. The van der Waals surface area contributed by atoms with Crippen molar-refractivity contribution >= 4 is 23.4 Å². The van der Waals surface area contributed by atoms with Crippen molar-refractivity contribution in [3.63, 3.8) is 0 Å². The van der Waals surface area contributed by atoms with Gasteiger partial charge in [-0.1, -0.05) is 18.7 Å². The van der Waals surface area contributed by atoms with E-state index in [0.717, 1.165) is 5.75 Å². The largest absolute Gasteiger partial charge is 0.382 e. The van der Waals surface area contributed by atoms with Gasteiger partial charge in [-0.25, -0.2) is 4.98 Å². The van der Waals surface area contributed by atoms with Gasteiger partial charge in [0, 0.05) is 0 Å². The molecule has 0 radical (unpaired) electrons. The van der Waals surface area contributed by atoms with E-state index in [-0.39, 0.29) is 0 Å². The Hall–Kier alpha value is -1.81. The molecule has 7 heteroatoms. The van der Waals surface area contributed by atoms with Crippen molar-refractivity contribution in [2.45, 2.75) is 19.0 Å². The number of anilines is 1. The zero-order valence-corrected chi connectivity index (χ0v) is 9.75. The van der Waals surface area contributed by atoms with E-state index in [1.54, 1.807) is 6.92 Å². The van der Waals surface area contributed by atoms with Crippen molar-refractivity contribution in [2.75, 3.05) is 11.5 Å². The molecule has 2 aromatic rings. The SMILES string of the molecule is CCSc1nc2nc(C)c(C#N)c(N)n2n1. The van der Waals surface area contributed by atoms with E-state index < -0.39 is 0 Å². The highest BCUT2D eigenvalue weighted by molar-refractivity contribution is 7.99. The van der Waals surface area contributed by atoms with Crippen LogP contribution in [0.4, 0.5) is 5.82 Å². The molecule has 0 saturated carbocycles. The molecule has 0 atom stereocenters. The minimum absolute atomic E-state index is 0.292. The van der Waals surface area contributed by atoms with Crippen LogP contribution >= 0.6 is 11.8 Å². The maximum atomic E-state index is 8.93. The van der Waals surface area contributed by atoms with Crippen LogP contribution in [0.2, 0.25) is 0 Å². The zero-order valence-electron chi connectivity index (χ0n) is 8.93. The topological polar surface area (TPSA) is 92.9 Å². The lowest BCUT2D eigenvalue weighted by molar-refractivity contribution is 0.883. The summed E-state index contributed by atoms with van der Waals surface area (Å²) in [4.78, 5) is 8.40. The van der Waals surface area contributed by atoms with Gasteiger partial charge in [0.25, 0.3) is 5.78 Å². The van der Waals surface area contributed by atoms with Gasteiger partial charge in [0.05, 0.1) is 5.69 Å². The first kappa shape index (κ1) is 10.7. The lowest BCUT2D eigenvalue weighted by atomic mass is 10.2. The van der Waals surface area contributed by atoms with Crippen LogP contribution in [0.15, 0.2) is 5.16 Å². The van der Waals surface area contributed by atoms with Crippen molar-refractivity contribution < 1.29 is 0 Å². The van der Waals surface area contributed by atoms with E-state index in [4.69, 9.17) is 11.0 Å². The van der Waals surface area contributed by atoms with Gasteiger partial charge in [-0.15, -0.1) is 5.10 Å². The van der Waals surface area contributed by atoms with Crippen molar-refractivity contribution in [2.24, 2.45) is 0 Å². The summed E-state index contributed by atoms with van der Waals surface area (Å²) in [6, 6.07) is 2.01. The molecular formula is C9H10N6S. The molecule has 0 aliphatic heterocycles. The smallest absolute Gasteiger partial charge is 0.255 e. The number of nitrogen functional groups attached to an aromatic ring is 1. The third-order valence-corrected chi connectivity index (χ3v) is 2.79. The Labute approximate surface area is 96.5 Å². The van der Waals surface area contributed by atoms with Crippen LogP contribution in [0.5, 0.6) is 0 Å². The minimum Gasteiger partial charge on any atom is -0.382 e. The average molecular weight is 234 g/mol. The highest BCUT2D eigenvalue weighted by Gasteiger charge is 2.13. The molecule has 16 heavy (non-hydrogen) atoms. The van der Waals surface area contributed by atoms with Gasteiger partial charge in [-0.05, 0) is 12.7 Å². The van der Waals surface area contributed by atoms with Gasteiger partial charge in [0.2, 0.25) is 5.16 Å². The molecule has 2 rings (SSSR count). The molecule has 0 spiro atoms. The molecule has 0 aliphatic rings. The molecule has 2 N–H and O–H groups in total. The summed E-state index contributed by atoms with van der Waals surface area (Å²) in [7, 11) is 0. The monoisotopic (exact) mass is 234 g/mol. The van der Waals surface area contributed by atoms with Gasteiger partial charge in [-0.3, -0.25) is 0 Å². The first-order valence-corrected chi connectivity index (χ1v) is 5.71. The number of rotatable bonds is 2. The summed E-state index contributed by atoms with van der Waals surface area (Å²) in [6.45, 7) is 3.75. The average Bonchev–Trinajstić information content (AvgIpc) is 2.62. The first-order valence-electron chi connectivity index (χ1n) is 4.73. The van der Waals surface area contributed by atoms with Crippen LogP contribution in [0, 0.1) is 18.3 Å². The van der Waals surface area contributed by atoms with Gasteiger partial charge in [-0.2, -0.15) is 14.8 Å². The van der Waals surface area contributed by atoms with E-state index in [9.17, 15) is 0 Å². The van der Waals surface area contributed by atoms with E-state index in [2.05, 4.69) is 15.1 Å². The molecule has 2 heterocycles. The number of fused-ring (bicyclic) bond motifs is 1. The third kappa shape index (κ3) is 1.57. The lowest BCUT2D eigenvalue weighted by Crippen LogP contribution is -2.06. The fourth-order valence-corrected chi connectivity index (χ4v) is 1.89. The highest BCUT2D eigenvalue weighted by Crippen LogP contribution is 2.18. The number of nitriles is 1. The van der Waals surface area contributed by atoms with Crippen LogP contribution in [0.25, 0.3) is 5.78 Å². The molecular weight excluding hydrogens is 224 g/mol. The number of hydrogen-bond acceptors (Lipinski definition) is 6. The molecule has 0 amide bonds. The van der Waals surface area contributed by atoms with E-state index in [1.165, 1.54) is 16.3 Å². The Kier molecular flexibility index (Phi) is 2.66. The second-order valence-corrected chi connectivity index (χ2v) is 4.34. The Morgan fingerprint density at radius 2 is 2.25 bits per heavy atom. The van der Waals surface area contributed by atoms with Gasteiger partial charge >= 0.3 is 0 Å². The first-order chi connectivity index (χ1) is 7.67. The second kappa shape index (κ2) is 3.98. The molecule has 0 bridgehead atoms. The van der Waals surface area contributed by atoms with Crippen molar-refractivity contribution in [3.05, 3.63) is 11.3 Å². The third-order valence-electron chi connectivity index (χ3n) is 2.07. The van der Waals surface area contributed by atoms with Gasteiger partial charge in [0.1, 0.15) is 17.5 Å². The molecule has 0 aliphatic carbocycles. The molecule has 0 unspecified atom stereocenters. The number of aromatic nitrogens is 4. The number of nitrogens with zero attached hydrogens (tertiary/aromatic N) is 5. The summed E-state index contributed by atoms with van der Waals surface area (Å²) in [5, 5.41) is 13.7. The van der Waals surface area contributed by atoms with Gasteiger partial charge in [0.15, 0.2) is 0 Å². The van der Waals surface area contributed by atoms with Crippen LogP contribution < -0.4 is 5.73 Å². The number of hydrogen-bond donors (Lipinski definition) is 1. The summed E-state index contributed by atoms with van der Waals surface area (Å²) >= 11 is 1.51. The number of thioether (sulfide) groups is 1. The number of nitrogens with two attached hydrogens (primary N) is 1. The molecule has 82 valence electrons.